The number of rotatable bonds is 4. The molecule has 2 aromatic rings. The van der Waals surface area contributed by atoms with Gasteiger partial charge in [0.25, 0.3) is 15.7 Å². The van der Waals surface area contributed by atoms with Crippen LogP contribution in [-0.2, 0) is 10.0 Å². The summed E-state index contributed by atoms with van der Waals surface area (Å²) in [7, 11) is -4.07. The lowest BCUT2D eigenvalue weighted by molar-refractivity contribution is -0.387. The SMILES string of the molecule is O=[N+]([O-])c1ccccc1S(=O)(=O)Nn1cnnc1. The minimum absolute atomic E-state index is 0.427. The number of para-hydroxylation sites is 1. The standard InChI is InChI=1S/C8H7N5O4S/c14-13(15)7-3-1-2-4-8(7)18(16,17)11-12-5-9-10-6-12/h1-6,11H. The maximum atomic E-state index is 11.9. The molecule has 2 rings (SSSR count). The van der Waals surface area contributed by atoms with Crippen molar-refractivity contribution in [2.45, 2.75) is 4.90 Å². The fourth-order valence-corrected chi connectivity index (χ4v) is 2.42. The third-order valence-electron chi connectivity index (χ3n) is 2.00. The zero-order chi connectivity index (χ0) is 13.2. The molecule has 0 aliphatic carbocycles. The Labute approximate surface area is 101 Å². The first-order chi connectivity index (χ1) is 8.50. The van der Waals surface area contributed by atoms with Gasteiger partial charge in [0.1, 0.15) is 12.7 Å². The predicted octanol–water partition coefficient (Wildman–Crippen LogP) is 0.119. The molecule has 0 aliphatic rings. The second kappa shape index (κ2) is 4.41. The van der Waals surface area contributed by atoms with Gasteiger partial charge >= 0.3 is 0 Å². The molecule has 1 aromatic heterocycles. The third kappa shape index (κ3) is 2.27. The Morgan fingerprint density at radius 3 is 2.44 bits per heavy atom. The number of nitrogens with one attached hydrogen (secondary N) is 1. The Balaban J connectivity index is 2.45. The van der Waals surface area contributed by atoms with Crippen molar-refractivity contribution in [2.75, 3.05) is 4.83 Å². The minimum Gasteiger partial charge on any atom is -0.258 e. The van der Waals surface area contributed by atoms with Crippen molar-refractivity contribution in [3.63, 3.8) is 0 Å². The summed E-state index contributed by atoms with van der Waals surface area (Å²) in [5.74, 6) is 0. The van der Waals surface area contributed by atoms with Gasteiger partial charge in [-0.25, -0.2) is 9.51 Å². The molecule has 0 atom stereocenters. The molecule has 0 aliphatic heterocycles. The van der Waals surface area contributed by atoms with E-state index in [1.54, 1.807) is 0 Å². The van der Waals surface area contributed by atoms with Gasteiger partial charge in [-0.15, -0.1) is 10.2 Å². The number of nitrogens with zero attached hydrogens (tertiary/aromatic N) is 4. The van der Waals surface area contributed by atoms with Crippen LogP contribution < -0.4 is 4.83 Å². The molecule has 1 N–H and O–H groups in total. The van der Waals surface area contributed by atoms with Gasteiger partial charge in [-0.3, -0.25) is 10.1 Å². The molecule has 0 bridgehead atoms. The molecule has 1 aromatic carbocycles. The van der Waals surface area contributed by atoms with Crippen molar-refractivity contribution in [3.8, 4) is 0 Å². The van der Waals surface area contributed by atoms with E-state index in [-0.39, 0.29) is 0 Å². The van der Waals surface area contributed by atoms with Crippen LogP contribution in [0.3, 0.4) is 0 Å². The smallest absolute Gasteiger partial charge is 0.258 e. The fourth-order valence-electron chi connectivity index (χ4n) is 1.27. The molecule has 0 amide bonds. The zero-order valence-electron chi connectivity index (χ0n) is 8.79. The number of nitro groups is 1. The molecule has 18 heavy (non-hydrogen) atoms. The molecular formula is C8H7N5O4S. The van der Waals surface area contributed by atoms with Crippen LogP contribution in [0.5, 0.6) is 0 Å². The van der Waals surface area contributed by atoms with E-state index in [2.05, 4.69) is 15.0 Å². The quantitative estimate of drug-likeness (QED) is 0.621. The summed E-state index contributed by atoms with van der Waals surface area (Å²) in [5, 5.41) is 17.6. The Bertz CT molecular complexity index is 667. The van der Waals surface area contributed by atoms with Crippen LogP contribution in [0.2, 0.25) is 0 Å². The van der Waals surface area contributed by atoms with Crippen LogP contribution in [0.15, 0.2) is 41.8 Å². The second-order valence-corrected chi connectivity index (χ2v) is 4.82. The van der Waals surface area contributed by atoms with E-state index in [1.165, 1.54) is 12.1 Å². The fraction of sp³-hybridized carbons (Fsp3) is 0. The number of nitro benzene ring substituents is 1. The van der Waals surface area contributed by atoms with Crippen LogP contribution in [-0.4, -0.2) is 28.2 Å². The molecule has 9 nitrogen and oxygen atoms in total. The van der Waals surface area contributed by atoms with Crippen molar-refractivity contribution in [1.29, 1.82) is 0 Å². The van der Waals surface area contributed by atoms with Crippen LogP contribution in [0, 0.1) is 10.1 Å². The highest BCUT2D eigenvalue weighted by molar-refractivity contribution is 7.92. The van der Waals surface area contributed by atoms with Gasteiger partial charge in [-0.1, -0.05) is 12.1 Å². The molecule has 0 radical (unpaired) electrons. The van der Waals surface area contributed by atoms with Crippen molar-refractivity contribution in [3.05, 3.63) is 47.0 Å². The minimum atomic E-state index is -4.07. The van der Waals surface area contributed by atoms with Gasteiger partial charge in [-0.05, 0) is 6.07 Å². The average Bonchev–Trinajstić information content (AvgIpc) is 2.81. The number of hydrogen-bond acceptors (Lipinski definition) is 6. The first-order valence-electron chi connectivity index (χ1n) is 4.61. The maximum absolute atomic E-state index is 11.9. The highest BCUT2D eigenvalue weighted by Crippen LogP contribution is 2.22. The average molecular weight is 269 g/mol. The van der Waals surface area contributed by atoms with Gasteiger partial charge in [0.2, 0.25) is 0 Å². The lowest BCUT2D eigenvalue weighted by atomic mass is 10.3. The highest BCUT2D eigenvalue weighted by Gasteiger charge is 2.25. The van der Waals surface area contributed by atoms with E-state index < -0.39 is 25.5 Å². The summed E-state index contributed by atoms with van der Waals surface area (Å²) >= 11 is 0. The van der Waals surface area contributed by atoms with Crippen molar-refractivity contribution >= 4 is 15.7 Å². The summed E-state index contributed by atoms with van der Waals surface area (Å²) in [6, 6.07) is 5.04. The maximum Gasteiger partial charge on any atom is 0.289 e. The van der Waals surface area contributed by atoms with Crippen LogP contribution in [0.25, 0.3) is 0 Å². The summed E-state index contributed by atoms with van der Waals surface area (Å²) in [4.78, 5) is 11.6. The molecule has 0 fully saturated rings. The molecule has 10 heteroatoms. The van der Waals surface area contributed by atoms with Crippen molar-refractivity contribution < 1.29 is 13.3 Å². The van der Waals surface area contributed by atoms with E-state index in [0.717, 1.165) is 29.5 Å². The lowest BCUT2D eigenvalue weighted by Gasteiger charge is -2.07. The van der Waals surface area contributed by atoms with E-state index in [1.807, 2.05) is 0 Å². The molecule has 1 heterocycles. The first kappa shape index (κ1) is 12.0. The Hall–Kier alpha value is -2.49. The number of aromatic nitrogens is 3. The van der Waals surface area contributed by atoms with Gasteiger partial charge in [-0.2, -0.15) is 8.42 Å². The zero-order valence-corrected chi connectivity index (χ0v) is 9.61. The highest BCUT2D eigenvalue weighted by atomic mass is 32.2. The summed E-state index contributed by atoms with van der Waals surface area (Å²) in [6.45, 7) is 0. The third-order valence-corrected chi connectivity index (χ3v) is 3.37. The topological polar surface area (TPSA) is 120 Å². The molecule has 0 spiro atoms. The Morgan fingerprint density at radius 1 is 1.22 bits per heavy atom. The van der Waals surface area contributed by atoms with E-state index in [0.29, 0.717) is 0 Å². The van der Waals surface area contributed by atoms with E-state index >= 15 is 0 Å². The Kier molecular flexibility index (Phi) is 2.93. The Morgan fingerprint density at radius 2 is 1.83 bits per heavy atom. The summed E-state index contributed by atoms with van der Waals surface area (Å²) in [5.41, 5.74) is -0.502. The normalized spacial score (nSPS) is 11.1. The molecule has 0 saturated carbocycles. The molecule has 94 valence electrons. The summed E-state index contributed by atoms with van der Waals surface area (Å²) < 4.78 is 24.8. The van der Waals surface area contributed by atoms with Crippen molar-refractivity contribution in [1.82, 2.24) is 14.9 Å². The molecule has 0 saturated heterocycles. The second-order valence-electron chi connectivity index (χ2n) is 3.19. The molecule has 0 unspecified atom stereocenters. The van der Waals surface area contributed by atoms with E-state index in [4.69, 9.17) is 0 Å². The number of sulfonamides is 1. The van der Waals surface area contributed by atoms with Gasteiger partial charge < -0.3 is 0 Å². The lowest BCUT2D eigenvalue weighted by Crippen LogP contribution is -2.22. The first-order valence-corrected chi connectivity index (χ1v) is 6.10. The number of hydrogen-bond donors (Lipinski definition) is 1. The van der Waals surface area contributed by atoms with Gasteiger partial charge in [0.05, 0.1) is 4.92 Å². The van der Waals surface area contributed by atoms with E-state index in [9.17, 15) is 18.5 Å². The largest absolute Gasteiger partial charge is 0.289 e. The van der Waals surface area contributed by atoms with Gasteiger partial charge in [0, 0.05) is 6.07 Å². The monoisotopic (exact) mass is 269 g/mol. The van der Waals surface area contributed by atoms with Crippen LogP contribution >= 0.6 is 0 Å². The van der Waals surface area contributed by atoms with Crippen LogP contribution in [0.1, 0.15) is 0 Å². The van der Waals surface area contributed by atoms with Gasteiger partial charge in [0.15, 0.2) is 4.90 Å². The number of benzene rings is 1. The van der Waals surface area contributed by atoms with Crippen LogP contribution in [0.4, 0.5) is 5.69 Å². The summed E-state index contributed by atoms with van der Waals surface area (Å²) in [6.07, 6.45) is 2.23. The molecular weight excluding hydrogens is 262 g/mol. The predicted molar refractivity (Wildman–Crippen MR) is 59.7 cm³/mol. The van der Waals surface area contributed by atoms with Crippen molar-refractivity contribution in [2.24, 2.45) is 0 Å².